The van der Waals surface area contributed by atoms with Crippen LogP contribution in [-0.4, -0.2) is 13.1 Å². The normalized spacial score (nSPS) is 24.0. The second-order valence-corrected chi connectivity index (χ2v) is 6.31. The smallest absolute Gasteiger partial charge is 0.124 e. The van der Waals surface area contributed by atoms with Crippen molar-refractivity contribution in [3.05, 3.63) is 71.3 Å². The average molecular weight is 320 g/mol. The van der Waals surface area contributed by atoms with Crippen molar-refractivity contribution in [1.29, 1.82) is 0 Å². The Balaban J connectivity index is 1.80. The lowest BCUT2D eigenvalue weighted by atomic mass is 9.76. The molecule has 0 unspecified atom stereocenters. The number of para-hydroxylation sites is 1. The van der Waals surface area contributed by atoms with Crippen molar-refractivity contribution < 1.29 is 14.6 Å². The highest BCUT2D eigenvalue weighted by atomic mass is 16.5. The number of carbonyl (C=O) groups is 1. The van der Waals surface area contributed by atoms with Gasteiger partial charge < -0.3 is 20.0 Å². The number of carbonyl (C=O) groups excluding carboxylic acids is 1. The molecule has 0 spiro atoms. The van der Waals surface area contributed by atoms with Crippen LogP contribution in [0.4, 0.5) is 5.69 Å². The lowest BCUT2D eigenvalue weighted by Gasteiger charge is -2.38. The van der Waals surface area contributed by atoms with Gasteiger partial charge in [0, 0.05) is 17.2 Å². The predicted octanol–water partition coefficient (Wildman–Crippen LogP) is 2.89. The molecular formula is C20H18NO3-. The number of hydrogen-bond acceptors (Lipinski definition) is 4. The molecule has 24 heavy (non-hydrogen) atoms. The molecule has 0 saturated heterocycles. The first-order valence-corrected chi connectivity index (χ1v) is 8.10. The summed E-state index contributed by atoms with van der Waals surface area (Å²) in [5.74, 6) is 0.278. The van der Waals surface area contributed by atoms with Crippen molar-refractivity contribution in [2.45, 2.75) is 18.4 Å². The van der Waals surface area contributed by atoms with Gasteiger partial charge in [-0.05, 0) is 41.7 Å². The van der Waals surface area contributed by atoms with Crippen molar-refractivity contribution in [3.8, 4) is 5.75 Å². The van der Waals surface area contributed by atoms with E-state index in [0.717, 1.165) is 29.0 Å². The second kappa shape index (κ2) is 5.71. The molecule has 4 heteroatoms. The number of rotatable bonds is 3. The van der Waals surface area contributed by atoms with E-state index in [9.17, 15) is 9.90 Å². The molecule has 0 aromatic heterocycles. The molecule has 0 radical (unpaired) electrons. The summed E-state index contributed by atoms with van der Waals surface area (Å²) in [4.78, 5) is 11.2. The van der Waals surface area contributed by atoms with E-state index in [4.69, 9.17) is 4.74 Å². The monoisotopic (exact) mass is 320 g/mol. The summed E-state index contributed by atoms with van der Waals surface area (Å²) in [6.45, 7) is 0. The van der Waals surface area contributed by atoms with Gasteiger partial charge in [-0.15, -0.1) is 0 Å². The Bertz CT molecular complexity index is 827. The van der Waals surface area contributed by atoms with Crippen LogP contribution in [-0.2, 0) is 0 Å². The molecule has 2 aromatic carbocycles. The largest absolute Gasteiger partial charge is 0.545 e. The second-order valence-electron chi connectivity index (χ2n) is 6.31. The Labute approximate surface area is 140 Å². The summed E-state index contributed by atoms with van der Waals surface area (Å²) >= 11 is 0. The lowest BCUT2D eigenvalue weighted by Crippen LogP contribution is -2.30. The number of nitrogens with one attached hydrogen (secondary N) is 1. The lowest BCUT2D eigenvalue weighted by molar-refractivity contribution is -0.255. The van der Waals surface area contributed by atoms with Crippen molar-refractivity contribution in [3.63, 3.8) is 0 Å². The number of benzene rings is 2. The minimum atomic E-state index is -1.14. The summed E-state index contributed by atoms with van der Waals surface area (Å²) < 4.78 is 5.54. The third-order valence-electron chi connectivity index (χ3n) is 5.07. The molecule has 2 aromatic rings. The van der Waals surface area contributed by atoms with Crippen LogP contribution in [0.25, 0.3) is 0 Å². The minimum absolute atomic E-state index is 0.127. The molecule has 1 aliphatic heterocycles. The fraction of sp³-hybridized carbons (Fsp3) is 0.250. The van der Waals surface area contributed by atoms with E-state index in [0.29, 0.717) is 5.92 Å². The van der Waals surface area contributed by atoms with E-state index in [2.05, 4.69) is 23.5 Å². The van der Waals surface area contributed by atoms with Crippen molar-refractivity contribution in [1.82, 2.24) is 0 Å². The number of carboxylic acids is 1. The van der Waals surface area contributed by atoms with Gasteiger partial charge in [-0.2, -0.15) is 0 Å². The Morgan fingerprint density at radius 1 is 1.21 bits per heavy atom. The van der Waals surface area contributed by atoms with Gasteiger partial charge >= 0.3 is 0 Å². The zero-order valence-electron chi connectivity index (χ0n) is 13.4. The standard InChI is InChI=1S/C20H19NO3/c1-24-18-8-3-2-5-15(18)19-14-7-4-6-13(14)16-11-12(20(22)23)9-10-17(16)21-19/h2-6,8-11,13-14,19,21H,7H2,1H3,(H,22,23)/p-1/t13-,14-,19-/m0/s1. The summed E-state index contributed by atoms with van der Waals surface area (Å²) in [5, 5.41) is 14.8. The zero-order valence-corrected chi connectivity index (χ0v) is 13.4. The van der Waals surface area contributed by atoms with Crippen LogP contribution in [0.5, 0.6) is 5.75 Å². The Morgan fingerprint density at radius 3 is 2.83 bits per heavy atom. The van der Waals surface area contributed by atoms with E-state index in [1.165, 1.54) is 0 Å². The van der Waals surface area contributed by atoms with Gasteiger partial charge in [0.25, 0.3) is 0 Å². The number of hydrogen-bond donors (Lipinski definition) is 1. The van der Waals surface area contributed by atoms with Gasteiger partial charge in [0.15, 0.2) is 0 Å². The van der Waals surface area contributed by atoms with Crippen LogP contribution in [0.15, 0.2) is 54.6 Å². The van der Waals surface area contributed by atoms with Crippen molar-refractivity contribution in [2.75, 3.05) is 12.4 Å². The zero-order chi connectivity index (χ0) is 16.7. The average Bonchev–Trinajstić information content (AvgIpc) is 3.10. The van der Waals surface area contributed by atoms with E-state index in [1.807, 2.05) is 24.3 Å². The molecule has 0 bridgehead atoms. The summed E-state index contributed by atoms with van der Waals surface area (Å²) in [7, 11) is 1.69. The number of allylic oxidation sites excluding steroid dienone is 2. The Morgan fingerprint density at radius 2 is 2.04 bits per heavy atom. The highest BCUT2D eigenvalue weighted by Gasteiger charge is 2.38. The molecule has 4 nitrogen and oxygen atoms in total. The maximum Gasteiger partial charge on any atom is 0.124 e. The van der Waals surface area contributed by atoms with Gasteiger partial charge in [0.1, 0.15) is 5.75 Å². The molecule has 0 amide bonds. The Hall–Kier alpha value is -2.75. The number of fused-ring (bicyclic) bond motifs is 3. The third kappa shape index (κ3) is 2.26. The Kier molecular flexibility index (Phi) is 3.53. The summed E-state index contributed by atoms with van der Waals surface area (Å²) in [6.07, 6.45) is 5.32. The maximum absolute atomic E-state index is 11.2. The predicted molar refractivity (Wildman–Crippen MR) is 90.1 cm³/mol. The highest BCUT2D eigenvalue weighted by Crippen LogP contribution is 2.51. The number of anilines is 1. The van der Waals surface area contributed by atoms with E-state index >= 15 is 0 Å². The minimum Gasteiger partial charge on any atom is -0.545 e. The number of carboxylic acid groups (broad SMARTS) is 1. The van der Waals surface area contributed by atoms with Gasteiger partial charge in [0.2, 0.25) is 0 Å². The topological polar surface area (TPSA) is 61.4 Å². The van der Waals surface area contributed by atoms with Crippen molar-refractivity contribution in [2.24, 2.45) is 5.92 Å². The highest BCUT2D eigenvalue weighted by molar-refractivity contribution is 5.87. The first kappa shape index (κ1) is 14.8. The maximum atomic E-state index is 11.2. The fourth-order valence-electron chi connectivity index (χ4n) is 3.95. The van der Waals surface area contributed by atoms with Crippen LogP contribution in [0.1, 0.15) is 39.9 Å². The van der Waals surface area contributed by atoms with Crippen LogP contribution in [0, 0.1) is 5.92 Å². The van der Waals surface area contributed by atoms with Gasteiger partial charge in [-0.3, -0.25) is 0 Å². The first-order chi connectivity index (χ1) is 11.7. The van der Waals surface area contributed by atoms with Crippen LogP contribution >= 0.6 is 0 Å². The van der Waals surface area contributed by atoms with Gasteiger partial charge in [0.05, 0.1) is 19.1 Å². The van der Waals surface area contributed by atoms with Crippen molar-refractivity contribution >= 4 is 11.7 Å². The number of aromatic carboxylic acids is 1. The molecule has 0 fully saturated rings. The molecule has 3 atom stereocenters. The van der Waals surface area contributed by atoms with Crippen LogP contribution < -0.4 is 15.2 Å². The number of ether oxygens (including phenoxy) is 1. The molecule has 0 saturated carbocycles. The molecule has 122 valence electrons. The quantitative estimate of drug-likeness (QED) is 0.883. The molecular weight excluding hydrogens is 302 g/mol. The van der Waals surface area contributed by atoms with Crippen LogP contribution in [0.2, 0.25) is 0 Å². The SMILES string of the molecule is COc1ccccc1[C@H]1Nc2ccc(C(=O)[O-])cc2[C@H]2C=CC[C@@H]21. The van der Waals surface area contributed by atoms with Gasteiger partial charge in [-0.1, -0.05) is 36.4 Å². The number of methoxy groups -OCH3 is 1. The van der Waals surface area contributed by atoms with Crippen LogP contribution in [0.3, 0.4) is 0 Å². The molecule has 2 aliphatic rings. The summed E-state index contributed by atoms with van der Waals surface area (Å²) in [6, 6.07) is 13.4. The molecule has 1 aliphatic carbocycles. The molecule has 1 N–H and O–H groups in total. The third-order valence-corrected chi connectivity index (χ3v) is 5.07. The van der Waals surface area contributed by atoms with E-state index in [1.54, 1.807) is 19.2 Å². The van der Waals surface area contributed by atoms with E-state index < -0.39 is 5.97 Å². The fourth-order valence-corrected chi connectivity index (χ4v) is 3.95. The first-order valence-electron chi connectivity index (χ1n) is 8.10. The van der Waals surface area contributed by atoms with Gasteiger partial charge in [-0.25, -0.2) is 0 Å². The summed E-state index contributed by atoms with van der Waals surface area (Å²) in [5.41, 5.74) is 3.36. The molecule has 1 heterocycles. The molecule has 4 rings (SSSR count). The van der Waals surface area contributed by atoms with E-state index in [-0.39, 0.29) is 17.5 Å².